The summed E-state index contributed by atoms with van der Waals surface area (Å²) in [6.07, 6.45) is 2.94. The van der Waals surface area contributed by atoms with Gasteiger partial charge in [0, 0.05) is 18.5 Å². The van der Waals surface area contributed by atoms with Crippen molar-refractivity contribution in [3.8, 4) is 17.9 Å². The Balaban J connectivity index is 0.00000116. The lowest BCUT2D eigenvalue weighted by Gasteiger charge is -2.38. The fraction of sp³-hybridized carbons (Fsp3) is 0.550. The van der Waals surface area contributed by atoms with Crippen molar-refractivity contribution in [2.75, 3.05) is 13.1 Å². The molecular formula is C20H28N2. The van der Waals surface area contributed by atoms with Crippen LogP contribution in [0.3, 0.4) is 0 Å². The molecule has 2 heteroatoms. The van der Waals surface area contributed by atoms with Crippen molar-refractivity contribution in [2.24, 2.45) is 5.41 Å². The molecular weight excluding hydrogens is 268 g/mol. The average Bonchev–Trinajstić information content (AvgIpc) is 2.54. The summed E-state index contributed by atoms with van der Waals surface area (Å²) in [5, 5.41) is 8.88. The number of hydrogen-bond donors (Lipinski definition) is 0. The summed E-state index contributed by atoms with van der Waals surface area (Å²) in [4.78, 5) is 2.49. The van der Waals surface area contributed by atoms with Crippen molar-refractivity contribution < 1.29 is 0 Å². The highest BCUT2D eigenvalue weighted by atomic mass is 15.1. The Hall–Kier alpha value is -1.77. The minimum absolute atomic E-state index is 0.228. The second-order valence-corrected chi connectivity index (χ2v) is 5.99. The van der Waals surface area contributed by atoms with Crippen molar-refractivity contribution in [1.29, 1.82) is 5.26 Å². The highest BCUT2D eigenvalue weighted by molar-refractivity contribution is 5.35. The van der Waals surface area contributed by atoms with Crippen molar-refractivity contribution >= 4 is 0 Å². The van der Waals surface area contributed by atoms with Crippen molar-refractivity contribution in [2.45, 2.75) is 53.5 Å². The molecule has 0 unspecified atom stereocenters. The van der Waals surface area contributed by atoms with E-state index in [0.717, 1.165) is 38.0 Å². The molecule has 0 amide bonds. The van der Waals surface area contributed by atoms with E-state index in [1.54, 1.807) is 0 Å². The Bertz CT molecular complexity index is 532. The maximum Gasteiger partial charge on any atom is 0.0627 e. The van der Waals surface area contributed by atoms with Gasteiger partial charge in [0.1, 0.15) is 0 Å². The maximum atomic E-state index is 8.88. The van der Waals surface area contributed by atoms with Crippen molar-refractivity contribution in [1.82, 2.24) is 4.90 Å². The third-order valence-electron chi connectivity index (χ3n) is 4.20. The monoisotopic (exact) mass is 296 g/mol. The molecule has 2 nitrogen and oxygen atoms in total. The number of likely N-dealkylation sites (tertiary alicyclic amines) is 1. The third-order valence-corrected chi connectivity index (χ3v) is 4.20. The number of rotatable bonds is 3. The lowest BCUT2D eigenvalue weighted by molar-refractivity contribution is 0.116. The zero-order valence-corrected chi connectivity index (χ0v) is 14.4. The molecule has 22 heavy (non-hydrogen) atoms. The smallest absolute Gasteiger partial charge is 0.0627 e. The molecule has 0 aromatic heterocycles. The van der Waals surface area contributed by atoms with E-state index in [1.807, 2.05) is 20.8 Å². The highest BCUT2D eigenvalue weighted by Gasteiger charge is 2.29. The lowest BCUT2D eigenvalue weighted by Crippen LogP contribution is -2.38. The number of piperidine rings is 1. The molecule has 0 radical (unpaired) electrons. The SMILES string of the molecule is CC.CC#Cc1ccc(CN2CCC(C)(CC#N)CC2)cc1. The zero-order chi connectivity index (χ0) is 16.4. The predicted octanol–water partition coefficient (Wildman–Crippen LogP) is 4.60. The molecule has 0 saturated carbocycles. The molecule has 0 bridgehead atoms. The fourth-order valence-electron chi connectivity index (χ4n) is 2.71. The summed E-state index contributed by atoms with van der Waals surface area (Å²) in [5.41, 5.74) is 2.65. The third kappa shape index (κ3) is 5.55. The van der Waals surface area contributed by atoms with Crippen LogP contribution in [0.4, 0.5) is 0 Å². The second kappa shape index (κ2) is 9.29. The second-order valence-electron chi connectivity index (χ2n) is 5.99. The minimum Gasteiger partial charge on any atom is -0.299 e. The van der Waals surface area contributed by atoms with Crippen LogP contribution in [0.5, 0.6) is 0 Å². The van der Waals surface area contributed by atoms with Gasteiger partial charge in [-0.3, -0.25) is 4.90 Å². The van der Waals surface area contributed by atoms with E-state index in [4.69, 9.17) is 5.26 Å². The van der Waals surface area contributed by atoms with E-state index >= 15 is 0 Å². The van der Waals surface area contributed by atoms with E-state index in [1.165, 1.54) is 5.56 Å². The quantitative estimate of drug-likeness (QED) is 0.762. The topological polar surface area (TPSA) is 27.0 Å². The Labute approximate surface area is 136 Å². The first-order chi connectivity index (χ1) is 10.6. The van der Waals surface area contributed by atoms with Gasteiger partial charge in [-0.05, 0) is 56.0 Å². The molecule has 118 valence electrons. The Morgan fingerprint density at radius 2 is 1.73 bits per heavy atom. The van der Waals surface area contributed by atoms with E-state index in [2.05, 4.69) is 54.0 Å². The molecule has 0 atom stereocenters. The molecule has 0 aliphatic carbocycles. The Morgan fingerprint density at radius 1 is 1.14 bits per heavy atom. The van der Waals surface area contributed by atoms with Gasteiger partial charge in [-0.1, -0.05) is 38.8 Å². The standard InChI is InChI=1S/C18H22N2.C2H6/c1-3-4-16-5-7-17(8-6-16)15-20-13-10-18(2,9-12-19)11-14-20;1-2/h5-8H,9-11,13-15H2,1-2H3;1-2H3. The summed E-state index contributed by atoms with van der Waals surface area (Å²) < 4.78 is 0. The summed E-state index contributed by atoms with van der Waals surface area (Å²) >= 11 is 0. The molecule has 1 fully saturated rings. The first-order valence-electron chi connectivity index (χ1n) is 8.26. The van der Waals surface area contributed by atoms with Crippen LogP contribution in [-0.2, 0) is 6.54 Å². The number of hydrogen-bond acceptors (Lipinski definition) is 2. The lowest BCUT2D eigenvalue weighted by atomic mass is 9.78. The van der Waals surface area contributed by atoms with E-state index < -0.39 is 0 Å². The zero-order valence-electron chi connectivity index (χ0n) is 14.4. The van der Waals surface area contributed by atoms with E-state index in [9.17, 15) is 0 Å². The van der Waals surface area contributed by atoms with Gasteiger partial charge >= 0.3 is 0 Å². The molecule has 0 N–H and O–H groups in total. The van der Waals surface area contributed by atoms with Gasteiger partial charge < -0.3 is 0 Å². The molecule has 1 heterocycles. The summed E-state index contributed by atoms with van der Waals surface area (Å²) in [5.74, 6) is 5.99. The molecule has 1 aliphatic heterocycles. The van der Waals surface area contributed by atoms with Gasteiger partial charge in [0.25, 0.3) is 0 Å². The maximum absolute atomic E-state index is 8.88. The first kappa shape index (κ1) is 18.3. The number of benzene rings is 1. The molecule has 1 aromatic carbocycles. The first-order valence-corrected chi connectivity index (χ1v) is 8.26. The normalized spacial score (nSPS) is 16.5. The van der Waals surface area contributed by atoms with Crippen LogP contribution in [0.2, 0.25) is 0 Å². The van der Waals surface area contributed by atoms with Crippen LogP contribution in [0.15, 0.2) is 24.3 Å². The Kier molecular flexibility index (Phi) is 7.72. The summed E-state index contributed by atoms with van der Waals surface area (Å²) in [7, 11) is 0. The molecule has 1 aromatic rings. The van der Waals surface area contributed by atoms with Crippen LogP contribution in [0.25, 0.3) is 0 Å². The van der Waals surface area contributed by atoms with Gasteiger partial charge in [-0.15, -0.1) is 5.92 Å². The molecule has 0 spiro atoms. The van der Waals surface area contributed by atoms with Gasteiger partial charge in [0.05, 0.1) is 6.07 Å². The van der Waals surface area contributed by atoms with Gasteiger partial charge in [0.15, 0.2) is 0 Å². The van der Waals surface area contributed by atoms with Crippen LogP contribution < -0.4 is 0 Å². The van der Waals surface area contributed by atoms with Crippen LogP contribution in [0, 0.1) is 28.6 Å². The van der Waals surface area contributed by atoms with Crippen molar-refractivity contribution in [3.05, 3.63) is 35.4 Å². The minimum atomic E-state index is 0.228. The van der Waals surface area contributed by atoms with E-state index in [0.29, 0.717) is 6.42 Å². The molecule has 1 saturated heterocycles. The average molecular weight is 296 g/mol. The number of nitriles is 1. The fourth-order valence-corrected chi connectivity index (χ4v) is 2.71. The Morgan fingerprint density at radius 3 is 2.23 bits per heavy atom. The van der Waals surface area contributed by atoms with Gasteiger partial charge in [0.2, 0.25) is 0 Å². The predicted molar refractivity (Wildman–Crippen MR) is 93.2 cm³/mol. The van der Waals surface area contributed by atoms with Gasteiger partial charge in [-0.2, -0.15) is 5.26 Å². The summed E-state index contributed by atoms with van der Waals surface area (Å²) in [6, 6.07) is 10.9. The van der Waals surface area contributed by atoms with Gasteiger partial charge in [-0.25, -0.2) is 0 Å². The molecule has 2 rings (SSSR count). The van der Waals surface area contributed by atoms with Crippen LogP contribution >= 0.6 is 0 Å². The van der Waals surface area contributed by atoms with E-state index in [-0.39, 0.29) is 5.41 Å². The van der Waals surface area contributed by atoms with Crippen LogP contribution in [0.1, 0.15) is 58.1 Å². The number of nitrogens with zero attached hydrogens (tertiary/aromatic N) is 2. The largest absolute Gasteiger partial charge is 0.299 e. The highest BCUT2D eigenvalue weighted by Crippen LogP contribution is 2.34. The van der Waals surface area contributed by atoms with Crippen LogP contribution in [-0.4, -0.2) is 18.0 Å². The van der Waals surface area contributed by atoms with Crippen molar-refractivity contribution in [3.63, 3.8) is 0 Å². The summed E-state index contributed by atoms with van der Waals surface area (Å²) in [6.45, 7) is 11.3. The molecule has 1 aliphatic rings.